The second-order valence-corrected chi connectivity index (χ2v) is 9.06. The van der Waals surface area contributed by atoms with Crippen LogP contribution in [0.1, 0.15) is 52.9 Å². The van der Waals surface area contributed by atoms with Crippen molar-refractivity contribution in [2.24, 2.45) is 11.1 Å². The molecule has 0 radical (unpaired) electrons. The molecule has 0 saturated heterocycles. The van der Waals surface area contributed by atoms with Crippen molar-refractivity contribution >= 4 is 16.1 Å². The Morgan fingerprint density at radius 3 is 2.25 bits per heavy atom. The zero-order valence-electron chi connectivity index (χ0n) is 12.3. The van der Waals surface area contributed by atoms with Crippen molar-refractivity contribution in [1.29, 1.82) is 0 Å². The summed E-state index contributed by atoms with van der Waals surface area (Å²) in [6.07, 6.45) is 2.90. The predicted octanol–water partition coefficient (Wildman–Crippen LogP) is 1.75. The van der Waals surface area contributed by atoms with Crippen LogP contribution in [-0.4, -0.2) is 40.8 Å². The summed E-state index contributed by atoms with van der Waals surface area (Å²) in [5.74, 6) is 0.369. The summed E-state index contributed by atoms with van der Waals surface area (Å²) in [6, 6.07) is -0.518. The molecular formula is C13H24N2O4S. The van der Waals surface area contributed by atoms with Crippen molar-refractivity contribution in [3.05, 3.63) is 0 Å². The zero-order valence-corrected chi connectivity index (χ0v) is 13.1. The normalized spacial score (nSPS) is 30.7. The Kier molecular flexibility index (Phi) is 3.57. The highest BCUT2D eigenvalue weighted by Crippen LogP contribution is 2.54. The van der Waals surface area contributed by atoms with E-state index in [9.17, 15) is 18.3 Å². The Bertz CT molecular complexity index is 507. The summed E-state index contributed by atoms with van der Waals surface area (Å²) in [5, 5.41) is 14.8. The van der Waals surface area contributed by atoms with Gasteiger partial charge in [0.2, 0.25) is 10.0 Å². The van der Waals surface area contributed by atoms with E-state index in [1.165, 1.54) is 4.90 Å². The second-order valence-electron chi connectivity index (χ2n) is 7.15. The number of amides is 1. The minimum atomic E-state index is -3.76. The molecule has 6 nitrogen and oxygen atoms in total. The van der Waals surface area contributed by atoms with E-state index in [0.29, 0.717) is 18.8 Å². The van der Waals surface area contributed by atoms with Gasteiger partial charge in [-0.2, -0.15) is 0 Å². The van der Waals surface area contributed by atoms with E-state index < -0.39 is 32.4 Å². The topological polar surface area (TPSA) is 101 Å². The third-order valence-electron chi connectivity index (χ3n) is 4.65. The summed E-state index contributed by atoms with van der Waals surface area (Å²) in [7, 11) is -3.76. The fourth-order valence-corrected chi connectivity index (χ4v) is 4.65. The molecule has 1 amide bonds. The Morgan fingerprint density at radius 1 is 1.40 bits per heavy atom. The fraction of sp³-hybridized carbons (Fsp3) is 0.923. The van der Waals surface area contributed by atoms with Crippen LogP contribution in [0.3, 0.4) is 0 Å². The predicted molar refractivity (Wildman–Crippen MR) is 75.8 cm³/mol. The van der Waals surface area contributed by atoms with Gasteiger partial charge in [0.25, 0.3) is 0 Å². The first-order valence-electron chi connectivity index (χ1n) is 7.04. The molecule has 2 rings (SSSR count). The molecule has 0 aliphatic heterocycles. The molecule has 2 saturated carbocycles. The lowest BCUT2D eigenvalue weighted by Crippen LogP contribution is -2.51. The Labute approximate surface area is 120 Å². The number of nitrogens with zero attached hydrogens (tertiary/aromatic N) is 1. The van der Waals surface area contributed by atoms with Crippen LogP contribution in [0.4, 0.5) is 4.79 Å². The number of sulfonamides is 1. The average Bonchev–Trinajstić information content (AvgIpc) is 2.83. The highest BCUT2D eigenvalue weighted by molar-refractivity contribution is 7.91. The summed E-state index contributed by atoms with van der Waals surface area (Å²) in [4.78, 5) is 12.8. The van der Waals surface area contributed by atoms with Gasteiger partial charge in [-0.3, -0.25) is 4.90 Å². The first kappa shape index (κ1) is 15.6. The number of carbonyl (C=O) groups is 1. The van der Waals surface area contributed by atoms with Crippen LogP contribution in [0.15, 0.2) is 0 Å². The van der Waals surface area contributed by atoms with Gasteiger partial charge >= 0.3 is 6.09 Å². The molecule has 7 heteroatoms. The third kappa shape index (κ3) is 2.53. The van der Waals surface area contributed by atoms with Gasteiger partial charge in [-0.15, -0.1) is 0 Å². The maximum absolute atomic E-state index is 12.0. The van der Waals surface area contributed by atoms with Crippen molar-refractivity contribution in [3.8, 4) is 0 Å². The molecule has 2 aliphatic carbocycles. The number of hydrogen-bond acceptors (Lipinski definition) is 3. The first-order valence-corrected chi connectivity index (χ1v) is 8.58. The fourth-order valence-electron chi connectivity index (χ4n) is 3.31. The number of nitrogens with two attached hydrogens (primary N) is 1. The second kappa shape index (κ2) is 4.59. The first-order chi connectivity index (χ1) is 8.99. The maximum Gasteiger partial charge on any atom is 0.408 e. The molecule has 20 heavy (non-hydrogen) atoms. The lowest BCUT2D eigenvalue weighted by molar-refractivity contribution is 0.0910. The van der Waals surface area contributed by atoms with Gasteiger partial charge in [0, 0.05) is 5.54 Å². The average molecular weight is 304 g/mol. The van der Waals surface area contributed by atoms with Gasteiger partial charge < -0.3 is 5.11 Å². The lowest BCUT2D eigenvalue weighted by Gasteiger charge is -2.36. The smallest absolute Gasteiger partial charge is 0.408 e. The molecule has 0 aromatic heterocycles. The number of rotatable bonds is 4. The van der Waals surface area contributed by atoms with Gasteiger partial charge in [-0.25, -0.2) is 18.4 Å². The van der Waals surface area contributed by atoms with Crippen molar-refractivity contribution in [2.45, 2.75) is 69.2 Å². The lowest BCUT2D eigenvalue weighted by atomic mass is 9.81. The highest BCUT2D eigenvalue weighted by atomic mass is 32.2. The molecule has 2 aliphatic rings. The van der Waals surface area contributed by atoms with E-state index in [2.05, 4.69) is 0 Å². The monoisotopic (exact) mass is 304 g/mol. The van der Waals surface area contributed by atoms with Crippen LogP contribution in [0.5, 0.6) is 0 Å². The van der Waals surface area contributed by atoms with Crippen molar-refractivity contribution in [3.63, 3.8) is 0 Å². The molecule has 2 fully saturated rings. The largest absolute Gasteiger partial charge is 0.465 e. The summed E-state index contributed by atoms with van der Waals surface area (Å²) in [6.45, 7) is 5.32. The molecular weight excluding hydrogens is 280 g/mol. The van der Waals surface area contributed by atoms with E-state index in [-0.39, 0.29) is 0 Å². The van der Waals surface area contributed by atoms with E-state index in [4.69, 9.17) is 5.14 Å². The quantitative estimate of drug-likeness (QED) is 0.826. The minimum Gasteiger partial charge on any atom is -0.465 e. The standard InChI is InChI=1S/C13H24N2O4S/c1-12(2,3)15(11(16)17)10-8-13(10,20(14,18)19)7-9-5-4-6-9/h9-10H,4-8H2,1-3H3,(H,16,17)(H2,14,18,19). The van der Waals surface area contributed by atoms with Crippen LogP contribution in [-0.2, 0) is 10.0 Å². The van der Waals surface area contributed by atoms with Crippen LogP contribution < -0.4 is 5.14 Å². The zero-order chi connectivity index (χ0) is 15.3. The van der Waals surface area contributed by atoms with Crippen LogP contribution in [0.25, 0.3) is 0 Å². The van der Waals surface area contributed by atoms with Crippen molar-refractivity contribution < 1.29 is 18.3 Å². The minimum absolute atomic E-state index is 0.325. The van der Waals surface area contributed by atoms with Gasteiger partial charge in [0.05, 0.1) is 6.04 Å². The molecule has 3 N–H and O–H groups in total. The Balaban J connectivity index is 2.27. The molecule has 2 atom stereocenters. The summed E-state index contributed by atoms with van der Waals surface area (Å²) >= 11 is 0. The number of primary sulfonamides is 1. The SMILES string of the molecule is CC(C)(C)N(C(=O)O)C1CC1(CC1CCC1)S(N)(=O)=O. The van der Waals surface area contributed by atoms with Gasteiger partial charge in [0.15, 0.2) is 0 Å². The van der Waals surface area contributed by atoms with E-state index in [1.54, 1.807) is 20.8 Å². The van der Waals surface area contributed by atoms with Crippen LogP contribution in [0.2, 0.25) is 0 Å². The third-order valence-corrected chi connectivity index (χ3v) is 6.39. The Morgan fingerprint density at radius 2 is 1.95 bits per heavy atom. The molecule has 0 spiro atoms. The van der Waals surface area contributed by atoms with Gasteiger partial charge in [0.1, 0.15) is 4.75 Å². The van der Waals surface area contributed by atoms with Crippen LogP contribution in [0, 0.1) is 5.92 Å². The molecule has 0 aromatic rings. The molecule has 0 bridgehead atoms. The molecule has 2 unspecified atom stereocenters. The van der Waals surface area contributed by atoms with Gasteiger partial charge in [-0.1, -0.05) is 19.3 Å². The Hall–Kier alpha value is -0.820. The number of carboxylic acid groups (broad SMARTS) is 1. The van der Waals surface area contributed by atoms with Crippen LogP contribution >= 0.6 is 0 Å². The van der Waals surface area contributed by atoms with Crippen molar-refractivity contribution in [2.75, 3.05) is 0 Å². The summed E-state index contributed by atoms with van der Waals surface area (Å²) in [5.41, 5.74) is -0.636. The maximum atomic E-state index is 12.0. The van der Waals surface area contributed by atoms with E-state index >= 15 is 0 Å². The van der Waals surface area contributed by atoms with Gasteiger partial charge in [-0.05, 0) is 39.5 Å². The van der Waals surface area contributed by atoms with E-state index in [0.717, 1.165) is 19.3 Å². The van der Waals surface area contributed by atoms with Crippen molar-refractivity contribution in [1.82, 2.24) is 4.90 Å². The highest BCUT2D eigenvalue weighted by Gasteiger charge is 2.67. The molecule has 0 heterocycles. The molecule has 116 valence electrons. The summed E-state index contributed by atoms with van der Waals surface area (Å²) < 4.78 is 23.0. The number of hydrogen-bond donors (Lipinski definition) is 2. The van der Waals surface area contributed by atoms with E-state index in [1.807, 2.05) is 0 Å². The molecule has 0 aromatic carbocycles.